The lowest BCUT2D eigenvalue weighted by molar-refractivity contribution is -0.485. The number of hydrogen-bond acceptors (Lipinski definition) is 4. The molecule has 0 atom stereocenters. The van der Waals surface area contributed by atoms with Crippen molar-refractivity contribution in [2.24, 2.45) is 22.7 Å². The number of carbonyl (C=O) groups excluding carboxylic acids is 1. The zero-order valence-electron chi connectivity index (χ0n) is 14.1. The molecular weight excluding hydrogens is 338 g/mol. The van der Waals surface area contributed by atoms with Crippen molar-refractivity contribution in [3.8, 4) is 0 Å². The number of hydrogen-bond donors (Lipinski definition) is 4. The van der Waals surface area contributed by atoms with E-state index in [1.54, 1.807) is 18.5 Å². The smallest absolute Gasteiger partial charge is 0.266 e. The maximum absolute atomic E-state index is 12.6. The number of hydrazone groups is 1. The Morgan fingerprint density at radius 3 is 2.88 bits per heavy atom. The molecule has 2 aromatic rings. The highest BCUT2D eigenvalue weighted by molar-refractivity contribution is 6.00. The predicted molar refractivity (Wildman–Crippen MR) is 96.8 cm³/mol. The van der Waals surface area contributed by atoms with Crippen LogP contribution in [-0.2, 0) is 4.79 Å². The van der Waals surface area contributed by atoms with Gasteiger partial charge in [0.2, 0.25) is 5.91 Å². The van der Waals surface area contributed by atoms with Gasteiger partial charge in [0, 0.05) is 30.2 Å². The SMILES string of the molecule is N/C(=N/[N+](=O)[O-])NCC1CCC(C(=O)Nc2ccnc3[nH]ccc23)CC1. The number of guanidine groups is 1. The summed E-state index contributed by atoms with van der Waals surface area (Å²) in [6.45, 7) is 0.520. The quantitative estimate of drug-likeness (QED) is 0.274. The molecule has 26 heavy (non-hydrogen) atoms. The van der Waals surface area contributed by atoms with Crippen molar-refractivity contribution >= 4 is 28.6 Å². The van der Waals surface area contributed by atoms with Crippen LogP contribution in [0.2, 0.25) is 0 Å². The third-order valence-electron chi connectivity index (χ3n) is 4.70. The van der Waals surface area contributed by atoms with Crippen LogP contribution in [0.15, 0.2) is 29.6 Å². The fraction of sp³-hybridized carbons (Fsp3) is 0.438. The molecule has 0 aliphatic heterocycles. The highest BCUT2D eigenvalue weighted by Crippen LogP contribution is 2.30. The number of amides is 1. The number of H-pyrrole nitrogens is 1. The summed E-state index contributed by atoms with van der Waals surface area (Å²) in [5, 5.41) is 19.1. The Hall–Kier alpha value is -3.17. The molecule has 1 amide bonds. The molecule has 138 valence electrons. The number of nitrogens with one attached hydrogen (secondary N) is 3. The first-order valence-corrected chi connectivity index (χ1v) is 8.48. The van der Waals surface area contributed by atoms with Gasteiger partial charge in [0.15, 0.2) is 5.03 Å². The predicted octanol–water partition coefficient (Wildman–Crippen LogP) is 1.40. The molecule has 1 aliphatic carbocycles. The first-order chi connectivity index (χ1) is 12.5. The Morgan fingerprint density at radius 1 is 1.38 bits per heavy atom. The summed E-state index contributed by atoms with van der Waals surface area (Å²) in [7, 11) is 0. The van der Waals surface area contributed by atoms with Gasteiger partial charge in [-0.2, -0.15) is 0 Å². The van der Waals surface area contributed by atoms with Crippen LogP contribution in [0.1, 0.15) is 25.7 Å². The summed E-state index contributed by atoms with van der Waals surface area (Å²) in [6, 6.07) is 3.68. The van der Waals surface area contributed by atoms with Crippen LogP contribution in [0, 0.1) is 22.0 Å². The van der Waals surface area contributed by atoms with Gasteiger partial charge in [0.1, 0.15) is 10.7 Å². The minimum Gasteiger partial charge on any atom is -0.365 e. The fourth-order valence-electron chi connectivity index (χ4n) is 3.31. The Kier molecular flexibility index (Phi) is 5.30. The van der Waals surface area contributed by atoms with E-state index in [0.717, 1.165) is 42.4 Å². The van der Waals surface area contributed by atoms with Crippen molar-refractivity contribution < 1.29 is 9.83 Å². The minimum absolute atomic E-state index is 0.0135. The molecule has 3 rings (SSSR count). The van der Waals surface area contributed by atoms with Gasteiger partial charge in [-0.3, -0.25) is 4.79 Å². The summed E-state index contributed by atoms with van der Waals surface area (Å²) < 4.78 is 0. The highest BCUT2D eigenvalue weighted by atomic mass is 16.7. The van der Waals surface area contributed by atoms with E-state index < -0.39 is 5.03 Å². The Balaban J connectivity index is 1.49. The van der Waals surface area contributed by atoms with Gasteiger partial charge in [-0.1, -0.05) is 0 Å². The standard InChI is InChI=1S/C16H21N7O3/c17-16(22-23(25)26)20-9-10-1-3-11(4-2-10)15(24)21-13-6-8-19-14-12(13)5-7-18-14/h5-8,10-11H,1-4,9H2,(H3,17,20,22)(H2,18,19,21,24). The van der Waals surface area contributed by atoms with Gasteiger partial charge in [0.25, 0.3) is 5.96 Å². The molecule has 5 N–H and O–H groups in total. The number of nitrogens with two attached hydrogens (primary N) is 1. The second kappa shape index (κ2) is 7.81. The Labute approximate surface area is 149 Å². The third kappa shape index (κ3) is 4.26. The van der Waals surface area contributed by atoms with E-state index in [-0.39, 0.29) is 17.8 Å². The number of fused-ring (bicyclic) bond motifs is 1. The monoisotopic (exact) mass is 359 g/mol. The molecule has 1 fully saturated rings. The molecule has 1 saturated carbocycles. The fourth-order valence-corrected chi connectivity index (χ4v) is 3.31. The van der Waals surface area contributed by atoms with Crippen LogP contribution < -0.4 is 16.4 Å². The molecular formula is C16H21N7O3. The Bertz CT molecular complexity index is 824. The summed E-state index contributed by atoms with van der Waals surface area (Å²) in [6.07, 6.45) is 6.70. The molecule has 0 radical (unpaired) electrons. The third-order valence-corrected chi connectivity index (χ3v) is 4.70. The molecule has 0 aromatic carbocycles. The van der Waals surface area contributed by atoms with Crippen molar-refractivity contribution in [2.75, 3.05) is 11.9 Å². The van der Waals surface area contributed by atoms with Crippen molar-refractivity contribution in [1.29, 1.82) is 0 Å². The summed E-state index contributed by atoms with van der Waals surface area (Å²) in [5.41, 5.74) is 6.92. The van der Waals surface area contributed by atoms with Gasteiger partial charge in [-0.25, -0.2) is 15.1 Å². The van der Waals surface area contributed by atoms with Crippen LogP contribution >= 0.6 is 0 Å². The number of anilines is 1. The van der Waals surface area contributed by atoms with Gasteiger partial charge >= 0.3 is 0 Å². The molecule has 0 spiro atoms. The minimum atomic E-state index is -0.829. The molecule has 0 bridgehead atoms. The number of carbonyl (C=O) groups is 1. The van der Waals surface area contributed by atoms with Gasteiger partial charge in [-0.15, -0.1) is 0 Å². The first kappa shape index (κ1) is 17.6. The average Bonchev–Trinajstić information content (AvgIpc) is 3.09. The average molecular weight is 359 g/mol. The molecule has 1 aliphatic rings. The lowest BCUT2D eigenvalue weighted by atomic mass is 9.81. The van der Waals surface area contributed by atoms with Gasteiger partial charge < -0.3 is 21.4 Å². The van der Waals surface area contributed by atoms with Gasteiger partial charge in [-0.05, 0) is 43.7 Å². The zero-order valence-corrected chi connectivity index (χ0v) is 14.1. The van der Waals surface area contributed by atoms with E-state index in [0.29, 0.717) is 12.5 Å². The number of nitro groups is 1. The van der Waals surface area contributed by atoms with Crippen molar-refractivity contribution in [2.45, 2.75) is 25.7 Å². The van der Waals surface area contributed by atoms with Crippen LogP contribution in [0.25, 0.3) is 11.0 Å². The van der Waals surface area contributed by atoms with Crippen LogP contribution in [0.4, 0.5) is 5.69 Å². The highest BCUT2D eigenvalue weighted by Gasteiger charge is 2.26. The largest absolute Gasteiger partial charge is 0.365 e. The number of nitrogens with zero attached hydrogens (tertiary/aromatic N) is 3. The summed E-state index contributed by atoms with van der Waals surface area (Å²) in [4.78, 5) is 30.0. The number of rotatable bonds is 5. The van der Waals surface area contributed by atoms with Crippen LogP contribution in [-0.4, -0.2) is 33.4 Å². The van der Waals surface area contributed by atoms with Crippen molar-refractivity contribution in [3.63, 3.8) is 0 Å². The topological polar surface area (TPSA) is 151 Å². The number of aromatic amines is 1. The van der Waals surface area contributed by atoms with Crippen molar-refractivity contribution in [3.05, 3.63) is 34.6 Å². The maximum Gasteiger partial charge on any atom is 0.266 e. The van der Waals surface area contributed by atoms with E-state index in [4.69, 9.17) is 5.73 Å². The summed E-state index contributed by atoms with van der Waals surface area (Å²) in [5.74, 6) is 0.0951. The molecule has 2 heterocycles. The molecule has 0 unspecified atom stereocenters. The van der Waals surface area contributed by atoms with E-state index in [1.165, 1.54) is 0 Å². The summed E-state index contributed by atoms with van der Waals surface area (Å²) >= 11 is 0. The zero-order chi connectivity index (χ0) is 18.5. The lowest BCUT2D eigenvalue weighted by Gasteiger charge is -2.27. The molecule has 0 saturated heterocycles. The Morgan fingerprint density at radius 2 is 2.15 bits per heavy atom. The number of aromatic nitrogens is 2. The maximum atomic E-state index is 12.6. The van der Waals surface area contributed by atoms with Gasteiger partial charge in [0.05, 0.1) is 5.69 Å². The normalized spacial score (nSPS) is 20.7. The van der Waals surface area contributed by atoms with Crippen molar-refractivity contribution in [1.82, 2.24) is 15.3 Å². The van der Waals surface area contributed by atoms with Crippen LogP contribution in [0.3, 0.4) is 0 Å². The molecule has 2 aromatic heterocycles. The second-order valence-corrected chi connectivity index (χ2v) is 6.41. The van der Waals surface area contributed by atoms with E-state index in [1.807, 2.05) is 6.07 Å². The van der Waals surface area contributed by atoms with Crippen LogP contribution in [0.5, 0.6) is 0 Å². The van der Waals surface area contributed by atoms with E-state index in [9.17, 15) is 14.9 Å². The second-order valence-electron chi connectivity index (χ2n) is 6.41. The molecule has 10 nitrogen and oxygen atoms in total. The lowest BCUT2D eigenvalue weighted by Crippen LogP contribution is -2.38. The van der Waals surface area contributed by atoms with E-state index in [2.05, 4.69) is 25.7 Å². The first-order valence-electron chi connectivity index (χ1n) is 8.48. The number of pyridine rings is 1. The molecule has 10 heteroatoms. The van der Waals surface area contributed by atoms with E-state index >= 15 is 0 Å².